The maximum atomic E-state index is 13.4. The Kier molecular flexibility index (Phi) is 6.93. The number of furan rings is 1. The van der Waals surface area contributed by atoms with Crippen molar-refractivity contribution < 1.29 is 14.0 Å². The van der Waals surface area contributed by atoms with Crippen LogP contribution in [-0.4, -0.2) is 39.0 Å². The number of aromatic nitrogens is 2. The monoisotopic (exact) mass is 519 g/mol. The molecular formula is C28H30ClN5O3. The third-order valence-electron chi connectivity index (χ3n) is 7.18. The second-order valence-electron chi connectivity index (χ2n) is 9.60. The zero-order valence-corrected chi connectivity index (χ0v) is 21.7. The van der Waals surface area contributed by atoms with Crippen LogP contribution < -0.4 is 21.3 Å². The molecule has 37 heavy (non-hydrogen) atoms. The number of benzene rings is 1. The molecule has 9 heteroatoms. The first-order chi connectivity index (χ1) is 17.9. The smallest absolute Gasteiger partial charge is 0.319 e. The van der Waals surface area contributed by atoms with Crippen molar-refractivity contribution in [1.29, 1.82) is 0 Å². The summed E-state index contributed by atoms with van der Waals surface area (Å²) in [7, 11) is 1.76. The molecule has 192 valence electrons. The van der Waals surface area contributed by atoms with Crippen LogP contribution in [0.25, 0.3) is 17.3 Å². The number of rotatable bonds is 4. The molecule has 1 saturated carbocycles. The minimum Gasteiger partial charge on any atom is -0.450 e. The van der Waals surface area contributed by atoms with Crippen molar-refractivity contribution >= 4 is 35.2 Å². The van der Waals surface area contributed by atoms with Crippen molar-refractivity contribution in [3.63, 3.8) is 0 Å². The molecule has 5 rings (SSSR count). The first-order valence-corrected chi connectivity index (χ1v) is 12.9. The van der Waals surface area contributed by atoms with E-state index in [4.69, 9.17) is 16.0 Å². The van der Waals surface area contributed by atoms with Gasteiger partial charge >= 0.3 is 6.03 Å². The molecule has 0 unspecified atom stereocenters. The van der Waals surface area contributed by atoms with Crippen LogP contribution in [0.15, 0.2) is 64.7 Å². The maximum absolute atomic E-state index is 13.4. The minimum absolute atomic E-state index is 0.226. The number of urea groups is 1. The molecule has 1 aliphatic heterocycles. The van der Waals surface area contributed by atoms with E-state index in [2.05, 4.69) is 15.6 Å². The first kappa shape index (κ1) is 24.9. The van der Waals surface area contributed by atoms with E-state index >= 15 is 0 Å². The number of carbonyl (C=O) groups excluding carboxylic acids is 2. The summed E-state index contributed by atoms with van der Waals surface area (Å²) in [4.78, 5) is 31.6. The van der Waals surface area contributed by atoms with E-state index in [1.54, 1.807) is 30.5 Å². The summed E-state index contributed by atoms with van der Waals surface area (Å²) in [6.45, 7) is 2.33. The second kappa shape index (κ2) is 10.3. The van der Waals surface area contributed by atoms with Crippen LogP contribution in [0.3, 0.4) is 0 Å². The van der Waals surface area contributed by atoms with Crippen LogP contribution in [0, 0.1) is 0 Å². The Morgan fingerprint density at radius 2 is 2.00 bits per heavy atom. The molecule has 2 aromatic heterocycles. The van der Waals surface area contributed by atoms with E-state index < -0.39 is 5.54 Å². The van der Waals surface area contributed by atoms with Crippen molar-refractivity contribution in [2.45, 2.75) is 51.1 Å². The Morgan fingerprint density at radius 3 is 2.65 bits per heavy atom. The van der Waals surface area contributed by atoms with Crippen molar-refractivity contribution in [2.75, 3.05) is 7.05 Å². The average molecular weight is 520 g/mol. The molecule has 1 aromatic carbocycles. The lowest BCUT2D eigenvalue weighted by Gasteiger charge is -2.43. The van der Waals surface area contributed by atoms with Crippen LogP contribution in [0.5, 0.6) is 0 Å². The van der Waals surface area contributed by atoms with Gasteiger partial charge in [-0.05, 0) is 43.5 Å². The molecule has 3 amide bonds. The Hall–Kier alpha value is -3.78. The molecule has 3 heterocycles. The van der Waals surface area contributed by atoms with Gasteiger partial charge in [-0.3, -0.25) is 4.79 Å². The van der Waals surface area contributed by atoms with Gasteiger partial charge in [0.25, 0.3) is 5.91 Å². The maximum Gasteiger partial charge on any atom is 0.319 e. The topological polar surface area (TPSA) is 92.4 Å². The zero-order valence-electron chi connectivity index (χ0n) is 21.0. The molecule has 2 fully saturated rings. The standard InChI is InChI=1S/C28H30ClN5O3/c1-3-20-15-23(26(35)33(2)17-19-7-9-21(10-8-19)34-14-13-30-18-34)37-25(20)24-22(16-29)31-27(36)32-28(24)11-5-4-6-12-28/h3,7-10,13-16,18H,4-6,11-12,17H2,1-2H3,(H2,31,32,36)/b20-3-,22-16-,25-24-. The SMILES string of the molecule is C/C=c1/cc(C(=O)N(C)Cc2ccc(-n3ccnc3)cc2)o/c1=C1/C(=C/Cl)NC(=O)NC12CCCCC2. The van der Waals surface area contributed by atoms with Gasteiger partial charge in [0, 0.05) is 48.0 Å². The molecule has 0 radical (unpaired) electrons. The van der Waals surface area contributed by atoms with E-state index in [0.717, 1.165) is 54.1 Å². The summed E-state index contributed by atoms with van der Waals surface area (Å²) in [5, 5.41) is 6.74. The van der Waals surface area contributed by atoms with Gasteiger partial charge in [-0.15, -0.1) is 0 Å². The van der Waals surface area contributed by atoms with Crippen molar-refractivity contribution in [3.05, 3.63) is 82.2 Å². The Labute approximate surface area is 220 Å². The minimum atomic E-state index is -0.583. The van der Waals surface area contributed by atoms with Gasteiger partial charge in [-0.25, -0.2) is 9.78 Å². The quantitative estimate of drug-likeness (QED) is 0.548. The number of nitrogens with zero attached hydrogens (tertiary/aromatic N) is 3. The van der Waals surface area contributed by atoms with Gasteiger partial charge in [-0.2, -0.15) is 0 Å². The molecule has 0 atom stereocenters. The molecule has 0 bridgehead atoms. The lowest BCUT2D eigenvalue weighted by atomic mass is 9.74. The number of hydrogen-bond donors (Lipinski definition) is 2. The number of carbonyl (C=O) groups is 2. The average Bonchev–Trinajstić information content (AvgIpc) is 3.59. The fourth-order valence-electron chi connectivity index (χ4n) is 5.34. The van der Waals surface area contributed by atoms with E-state index in [1.165, 1.54) is 5.54 Å². The summed E-state index contributed by atoms with van der Waals surface area (Å²) >= 11 is 6.18. The lowest BCUT2D eigenvalue weighted by molar-refractivity contribution is 0.0751. The summed E-state index contributed by atoms with van der Waals surface area (Å²) in [5.41, 5.74) is 4.66. The van der Waals surface area contributed by atoms with E-state index in [1.807, 2.05) is 48.0 Å². The van der Waals surface area contributed by atoms with Crippen LogP contribution in [0.2, 0.25) is 0 Å². The van der Waals surface area contributed by atoms with Gasteiger partial charge in [0.05, 0.1) is 17.6 Å². The van der Waals surface area contributed by atoms with Gasteiger partial charge in [0.1, 0.15) is 5.42 Å². The van der Waals surface area contributed by atoms with Crippen LogP contribution >= 0.6 is 11.6 Å². The molecule has 8 nitrogen and oxygen atoms in total. The first-order valence-electron chi connectivity index (χ1n) is 12.5. The summed E-state index contributed by atoms with van der Waals surface area (Å²) < 4.78 is 8.19. The van der Waals surface area contributed by atoms with Gasteiger partial charge in [0.2, 0.25) is 0 Å². The highest BCUT2D eigenvalue weighted by atomic mass is 35.5. The summed E-state index contributed by atoms with van der Waals surface area (Å²) in [6.07, 6.45) is 11.9. The highest BCUT2D eigenvalue weighted by Gasteiger charge is 2.44. The Bertz CT molecular complexity index is 1450. The molecule has 2 N–H and O–H groups in total. The summed E-state index contributed by atoms with van der Waals surface area (Å²) in [5.74, 6) is 0.0143. The molecule has 3 aromatic rings. The van der Waals surface area contributed by atoms with E-state index in [9.17, 15) is 9.59 Å². The normalized spacial score (nSPS) is 20.1. The predicted molar refractivity (Wildman–Crippen MR) is 142 cm³/mol. The number of hydrogen-bond acceptors (Lipinski definition) is 4. The largest absolute Gasteiger partial charge is 0.450 e. The van der Waals surface area contributed by atoms with E-state index in [-0.39, 0.29) is 17.7 Å². The van der Waals surface area contributed by atoms with Gasteiger partial charge < -0.3 is 24.5 Å². The predicted octanol–water partition coefficient (Wildman–Crippen LogP) is 3.78. The van der Waals surface area contributed by atoms with Crippen LogP contribution in [0.4, 0.5) is 4.79 Å². The highest BCUT2D eigenvalue weighted by molar-refractivity contribution is 6.26. The lowest BCUT2D eigenvalue weighted by Crippen LogP contribution is -2.61. The number of halogens is 1. The molecular weight excluding hydrogens is 490 g/mol. The second-order valence-corrected chi connectivity index (χ2v) is 9.82. The van der Waals surface area contributed by atoms with Crippen molar-refractivity contribution in [2.24, 2.45) is 0 Å². The number of nitrogens with one attached hydrogen (secondary N) is 2. The molecule has 2 aliphatic rings. The number of imidazole rings is 1. The molecule has 1 saturated heterocycles. The van der Waals surface area contributed by atoms with Gasteiger partial charge in [-0.1, -0.05) is 49.1 Å². The number of amides is 3. The Morgan fingerprint density at radius 1 is 1.24 bits per heavy atom. The van der Waals surface area contributed by atoms with Crippen molar-refractivity contribution in [1.82, 2.24) is 25.1 Å². The summed E-state index contributed by atoms with van der Waals surface area (Å²) in [6, 6.07) is 9.47. The van der Waals surface area contributed by atoms with E-state index in [0.29, 0.717) is 17.7 Å². The van der Waals surface area contributed by atoms with Crippen LogP contribution in [0.1, 0.15) is 55.1 Å². The zero-order chi connectivity index (χ0) is 26.0. The fourth-order valence-corrected chi connectivity index (χ4v) is 5.51. The van der Waals surface area contributed by atoms with Crippen molar-refractivity contribution in [3.8, 4) is 5.69 Å². The molecule has 1 aliphatic carbocycles. The molecule has 1 spiro atoms. The van der Waals surface area contributed by atoms with Gasteiger partial charge in [0.15, 0.2) is 5.76 Å². The fraction of sp³-hybridized carbons (Fsp3) is 0.321. The van der Waals surface area contributed by atoms with Crippen LogP contribution in [-0.2, 0) is 6.54 Å². The third kappa shape index (κ3) is 4.81. The Balaban J connectivity index is 1.47. The highest BCUT2D eigenvalue weighted by Crippen LogP contribution is 2.39. The third-order valence-corrected chi connectivity index (χ3v) is 7.40.